The van der Waals surface area contributed by atoms with E-state index in [9.17, 15) is 9.18 Å². The van der Waals surface area contributed by atoms with Gasteiger partial charge < -0.3 is 11.1 Å². The van der Waals surface area contributed by atoms with Gasteiger partial charge in [-0.2, -0.15) is 5.10 Å². The fourth-order valence-corrected chi connectivity index (χ4v) is 4.34. The Morgan fingerprint density at radius 3 is 2.80 bits per heavy atom. The molecule has 2 aromatic carbocycles. The SMILES string of the molecule is CC1(c2cc(NC(=O)c3ccc(Cn4cncn4)cc3)ccc2F)CCSC(N)=N1. The summed E-state index contributed by atoms with van der Waals surface area (Å²) >= 11 is 1.46. The Hall–Kier alpha value is -3.20. The number of carbonyl (C=O) groups is 1. The molecule has 1 atom stereocenters. The third kappa shape index (κ3) is 4.35. The van der Waals surface area contributed by atoms with E-state index in [1.165, 1.54) is 24.2 Å². The van der Waals surface area contributed by atoms with Crippen LogP contribution >= 0.6 is 11.8 Å². The van der Waals surface area contributed by atoms with Gasteiger partial charge in [0.15, 0.2) is 5.17 Å². The summed E-state index contributed by atoms with van der Waals surface area (Å²) in [6.07, 6.45) is 3.78. The second-order valence-electron chi connectivity index (χ2n) is 7.26. The van der Waals surface area contributed by atoms with Gasteiger partial charge in [0.05, 0.1) is 12.1 Å². The number of anilines is 1. The van der Waals surface area contributed by atoms with Gasteiger partial charge in [0.2, 0.25) is 0 Å². The number of hydrogen-bond donors (Lipinski definition) is 2. The third-order valence-corrected chi connectivity index (χ3v) is 5.82. The zero-order valence-corrected chi connectivity index (χ0v) is 17.2. The van der Waals surface area contributed by atoms with Crippen molar-refractivity contribution in [3.05, 3.63) is 77.6 Å². The lowest BCUT2D eigenvalue weighted by Gasteiger charge is -2.30. The van der Waals surface area contributed by atoms with Gasteiger partial charge in [-0.1, -0.05) is 23.9 Å². The zero-order chi connectivity index (χ0) is 21.1. The van der Waals surface area contributed by atoms with Crippen molar-refractivity contribution >= 4 is 28.5 Å². The van der Waals surface area contributed by atoms with Crippen molar-refractivity contribution in [2.75, 3.05) is 11.1 Å². The second-order valence-corrected chi connectivity index (χ2v) is 8.38. The number of benzene rings is 2. The Balaban J connectivity index is 1.50. The molecule has 2 heterocycles. The largest absolute Gasteiger partial charge is 0.379 e. The van der Waals surface area contributed by atoms with Gasteiger partial charge in [-0.05, 0) is 49.2 Å². The maximum atomic E-state index is 14.5. The maximum absolute atomic E-state index is 14.5. The number of amides is 1. The van der Waals surface area contributed by atoms with Crippen molar-refractivity contribution in [1.82, 2.24) is 14.8 Å². The molecule has 1 amide bonds. The summed E-state index contributed by atoms with van der Waals surface area (Å²) in [7, 11) is 0. The Morgan fingerprint density at radius 1 is 1.30 bits per heavy atom. The van der Waals surface area contributed by atoms with E-state index in [-0.39, 0.29) is 11.7 Å². The fraction of sp³-hybridized carbons (Fsp3) is 0.238. The quantitative estimate of drug-likeness (QED) is 0.654. The van der Waals surface area contributed by atoms with E-state index in [0.717, 1.165) is 11.3 Å². The van der Waals surface area contributed by atoms with Gasteiger partial charge in [-0.3, -0.25) is 9.79 Å². The van der Waals surface area contributed by atoms with Crippen molar-refractivity contribution < 1.29 is 9.18 Å². The number of aliphatic imine (C=N–C) groups is 1. The van der Waals surface area contributed by atoms with Crippen molar-refractivity contribution in [2.24, 2.45) is 10.7 Å². The van der Waals surface area contributed by atoms with Gasteiger partial charge in [0, 0.05) is 22.6 Å². The van der Waals surface area contributed by atoms with Gasteiger partial charge in [0.1, 0.15) is 18.5 Å². The Labute approximate surface area is 177 Å². The van der Waals surface area contributed by atoms with Crippen LogP contribution in [0.2, 0.25) is 0 Å². The first-order valence-corrected chi connectivity index (χ1v) is 10.4. The normalized spacial score (nSPS) is 18.7. The lowest BCUT2D eigenvalue weighted by Crippen LogP contribution is -2.29. The highest BCUT2D eigenvalue weighted by Gasteiger charge is 2.32. The summed E-state index contributed by atoms with van der Waals surface area (Å²) in [4.78, 5) is 21.0. The molecule has 0 aliphatic carbocycles. The first kappa shape index (κ1) is 20.1. The van der Waals surface area contributed by atoms with E-state index in [4.69, 9.17) is 5.73 Å². The fourth-order valence-electron chi connectivity index (χ4n) is 3.36. The van der Waals surface area contributed by atoms with Crippen molar-refractivity contribution in [1.29, 1.82) is 0 Å². The summed E-state index contributed by atoms with van der Waals surface area (Å²) in [6.45, 7) is 2.43. The summed E-state index contributed by atoms with van der Waals surface area (Å²) in [5.74, 6) is 0.131. The first-order chi connectivity index (χ1) is 14.4. The predicted molar refractivity (Wildman–Crippen MR) is 116 cm³/mol. The van der Waals surface area contributed by atoms with E-state index in [0.29, 0.717) is 34.9 Å². The number of amidine groups is 1. The Bertz CT molecular complexity index is 1080. The highest BCUT2D eigenvalue weighted by Crippen LogP contribution is 2.37. The Kier molecular flexibility index (Phi) is 5.54. The number of nitrogens with two attached hydrogens (primary N) is 1. The molecule has 7 nitrogen and oxygen atoms in total. The maximum Gasteiger partial charge on any atom is 0.255 e. The number of rotatable bonds is 5. The van der Waals surface area contributed by atoms with Gasteiger partial charge in [-0.25, -0.2) is 14.1 Å². The van der Waals surface area contributed by atoms with Gasteiger partial charge in [0.25, 0.3) is 5.91 Å². The van der Waals surface area contributed by atoms with Crippen molar-refractivity contribution in [3.8, 4) is 0 Å². The number of carbonyl (C=O) groups excluding carboxylic acids is 1. The van der Waals surface area contributed by atoms with Crippen LogP contribution < -0.4 is 11.1 Å². The molecule has 0 saturated heterocycles. The van der Waals surface area contributed by atoms with E-state index < -0.39 is 5.54 Å². The average Bonchev–Trinajstić information content (AvgIpc) is 3.23. The molecule has 30 heavy (non-hydrogen) atoms. The molecule has 0 bridgehead atoms. The molecule has 0 saturated carbocycles. The van der Waals surface area contributed by atoms with Crippen LogP contribution in [0.5, 0.6) is 0 Å². The van der Waals surface area contributed by atoms with E-state index in [1.807, 2.05) is 19.1 Å². The molecule has 4 rings (SSSR count). The Morgan fingerprint density at radius 2 is 2.10 bits per heavy atom. The predicted octanol–water partition coefficient (Wildman–Crippen LogP) is 3.38. The number of aromatic nitrogens is 3. The number of nitrogens with one attached hydrogen (secondary N) is 1. The molecule has 154 valence electrons. The number of nitrogens with zero attached hydrogens (tertiary/aromatic N) is 4. The lowest BCUT2D eigenvalue weighted by atomic mass is 9.89. The van der Waals surface area contributed by atoms with E-state index in [1.54, 1.807) is 35.3 Å². The molecule has 0 radical (unpaired) electrons. The summed E-state index contributed by atoms with van der Waals surface area (Å²) in [5.41, 5.74) is 7.55. The highest BCUT2D eigenvalue weighted by molar-refractivity contribution is 8.13. The second kappa shape index (κ2) is 8.27. The highest BCUT2D eigenvalue weighted by atomic mass is 32.2. The smallest absolute Gasteiger partial charge is 0.255 e. The molecule has 0 spiro atoms. The van der Waals surface area contributed by atoms with Crippen LogP contribution in [-0.2, 0) is 12.1 Å². The molecule has 1 aliphatic rings. The van der Waals surface area contributed by atoms with Crippen LogP contribution in [0.1, 0.15) is 34.8 Å². The average molecular weight is 425 g/mol. The molecule has 3 N–H and O–H groups in total. The number of thioether (sulfide) groups is 1. The summed E-state index contributed by atoms with van der Waals surface area (Å²) in [5, 5.41) is 7.35. The van der Waals surface area contributed by atoms with E-state index >= 15 is 0 Å². The standard InChI is InChI=1S/C21H21FN6OS/c1-21(8-9-30-20(23)27-21)17-10-16(6-7-18(17)22)26-19(29)15-4-2-14(3-5-15)11-28-13-24-12-25-28/h2-7,10,12-13H,8-9,11H2,1H3,(H2,23,27)(H,26,29). The minimum absolute atomic E-state index is 0.271. The summed E-state index contributed by atoms with van der Waals surface area (Å²) in [6, 6.07) is 11.8. The van der Waals surface area contributed by atoms with Crippen LogP contribution in [-0.4, -0.2) is 31.6 Å². The van der Waals surface area contributed by atoms with Crippen LogP contribution in [0.15, 0.2) is 60.1 Å². The van der Waals surface area contributed by atoms with Gasteiger partial charge in [-0.15, -0.1) is 0 Å². The molecule has 1 aromatic heterocycles. The minimum Gasteiger partial charge on any atom is -0.379 e. The van der Waals surface area contributed by atoms with Crippen LogP contribution in [0.3, 0.4) is 0 Å². The minimum atomic E-state index is -0.747. The van der Waals surface area contributed by atoms with Crippen molar-refractivity contribution in [2.45, 2.75) is 25.4 Å². The molecular formula is C21H21FN6OS. The van der Waals surface area contributed by atoms with Crippen LogP contribution in [0.25, 0.3) is 0 Å². The topological polar surface area (TPSA) is 98.2 Å². The summed E-state index contributed by atoms with van der Waals surface area (Å²) < 4.78 is 16.2. The molecule has 0 fully saturated rings. The monoisotopic (exact) mass is 424 g/mol. The molecule has 1 unspecified atom stereocenters. The molecule has 9 heteroatoms. The number of halogens is 1. The zero-order valence-electron chi connectivity index (χ0n) is 16.4. The van der Waals surface area contributed by atoms with E-state index in [2.05, 4.69) is 20.4 Å². The molecule has 3 aromatic rings. The number of hydrogen-bond acceptors (Lipinski definition) is 6. The van der Waals surface area contributed by atoms with Crippen molar-refractivity contribution in [3.63, 3.8) is 0 Å². The van der Waals surface area contributed by atoms with Crippen LogP contribution in [0.4, 0.5) is 10.1 Å². The lowest BCUT2D eigenvalue weighted by molar-refractivity contribution is 0.102. The van der Waals surface area contributed by atoms with Crippen LogP contribution in [0, 0.1) is 5.82 Å². The molecule has 1 aliphatic heterocycles. The molecular weight excluding hydrogens is 403 g/mol. The first-order valence-electron chi connectivity index (χ1n) is 9.44. The third-order valence-electron chi connectivity index (χ3n) is 5.03. The van der Waals surface area contributed by atoms with Gasteiger partial charge >= 0.3 is 0 Å².